The summed E-state index contributed by atoms with van der Waals surface area (Å²) < 4.78 is 0. The van der Waals surface area contributed by atoms with Gasteiger partial charge in [-0.1, -0.05) is 18.2 Å². The first-order chi connectivity index (χ1) is 13.2. The van der Waals surface area contributed by atoms with Gasteiger partial charge >= 0.3 is 0 Å². The zero-order valence-electron chi connectivity index (χ0n) is 14.6. The molecule has 0 saturated carbocycles. The van der Waals surface area contributed by atoms with Crippen molar-refractivity contribution in [1.82, 2.24) is 15.3 Å². The lowest BCUT2D eigenvalue weighted by Gasteiger charge is -2.27. The number of anilines is 1. The summed E-state index contributed by atoms with van der Waals surface area (Å²) in [4.78, 5) is 23.3. The fourth-order valence-corrected chi connectivity index (χ4v) is 3.82. The molecule has 0 aliphatic carbocycles. The number of amides is 1. The summed E-state index contributed by atoms with van der Waals surface area (Å²) in [5.41, 5.74) is 1.97. The topological polar surface area (TPSA) is 58.1 Å². The fourth-order valence-electron chi connectivity index (χ4n) is 3.43. The van der Waals surface area contributed by atoms with Crippen LogP contribution < -0.4 is 10.2 Å². The molecule has 0 spiro atoms. The molecule has 4 rings (SSSR count). The maximum Gasteiger partial charge on any atom is 0.259 e. The fraction of sp³-hybridized carbons (Fsp3) is 0.143. The molecular formula is C21H18N4OS. The number of aromatic nitrogens is 2. The van der Waals surface area contributed by atoms with Gasteiger partial charge in [-0.15, -0.1) is 0 Å². The van der Waals surface area contributed by atoms with Gasteiger partial charge in [0.2, 0.25) is 0 Å². The molecule has 1 aromatic carbocycles. The maximum atomic E-state index is 13.6. The molecule has 1 aliphatic rings. The average Bonchev–Trinajstić information content (AvgIpc) is 2.93. The molecule has 0 atom stereocenters. The molecule has 1 saturated heterocycles. The highest BCUT2D eigenvalue weighted by molar-refractivity contribution is 7.80. The summed E-state index contributed by atoms with van der Waals surface area (Å²) in [6.45, 7) is 0. The summed E-state index contributed by atoms with van der Waals surface area (Å²) in [6.07, 6.45) is 7.98. The molecule has 2 aromatic heterocycles. The Balaban J connectivity index is 1.74. The summed E-state index contributed by atoms with van der Waals surface area (Å²) in [7, 11) is 0. The van der Waals surface area contributed by atoms with Gasteiger partial charge in [-0.3, -0.25) is 19.7 Å². The van der Waals surface area contributed by atoms with Crippen LogP contribution in [0.25, 0.3) is 0 Å². The van der Waals surface area contributed by atoms with Crippen LogP contribution in [-0.2, 0) is 17.6 Å². The van der Waals surface area contributed by atoms with Crippen LogP contribution >= 0.6 is 12.2 Å². The molecule has 1 N–H and O–H groups in total. The number of nitrogens with zero attached hydrogens (tertiary/aromatic N) is 3. The largest absolute Gasteiger partial charge is 0.347 e. The molecule has 0 unspecified atom stereocenters. The van der Waals surface area contributed by atoms with E-state index >= 15 is 0 Å². The Morgan fingerprint density at radius 1 is 0.852 bits per heavy atom. The van der Waals surface area contributed by atoms with Crippen molar-refractivity contribution in [3.63, 3.8) is 0 Å². The molecule has 5 nitrogen and oxygen atoms in total. The molecule has 27 heavy (non-hydrogen) atoms. The third-order valence-electron chi connectivity index (χ3n) is 4.69. The van der Waals surface area contributed by atoms with Crippen LogP contribution in [0.15, 0.2) is 79.4 Å². The molecule has 134 valence electrons. The Hall–Kier alpha value is -3.12. The summed E-state index contributed by atoms with van der Waals surface area (Å²) in [5, 5.41) is 3.75. The lowest BCUT2D eigenvalue weighted by atomic mass is 9.85. The number of hydrogen-bond acceptors (Lipinski definition) is 4. The Morgan fingerprint density at radius 3 is 1.89 bits per heavy atom. The third kappa shape index (κ3) is 3.44. The summed E-state index contributed by atoms with van der Waals surface area (Å²) in [5.74, 6) is -0.0488. The van der Waals surface area contributed by atoms with E-state index in [0.29, 0.717) is 18.0 Å². The zero-order chi connectivity index (χ0) is 18.7. The van der Waals surface area contributed by atoms with Crippen LogP contribution in [0, 0.1) is 0 Å². The van der Waals surface area contributed by atoms with Crippen molar-refractivity contribution < 1.29 is 4.79 Å². The van der Waals surface area contributed by atoms with Crippen LogP contribution in [0.1, 0.15) is 11.1 Å². The second-order valence-corrected chi connectivity index (χ2v) is 6.94. The minimum Gasteiger partial charge on any atom is -0.347 e. The minimum absolute atomic E-state index is 0.0488. The van der Waals surface area contributed by atoms with Crippen molar-refractivity contribution in [2.75, 3.05) is 4.90 Å². The molecule has 1 aliphatic heterocycles. The molecular weight excluding hydrogens is 356 g/mol. The van der Waals surface area contributed by atoms with Gasteiger partial charge in [-0.05, 0) is 59.7 Å². The second kappa shape index (κ2) is 7.25. The van der Waals surface area contributed by atoms with E-state index in [4.69, 9.17) is 12.2 Å². The van der Waals surface area contributed by atoms with E-state index in [1.165, 1.54) is 0 Å². The van der Waals surface area contributed by atoms with Crippen molar-refractivity contribution in [3.8, 4) is 0 Å². The normalized spacial score (nSPS) is 15.6. The van der Waals surface area contributed by atoms with Gasteiger partial charge in [0.25, 0.3) is 5.91 Å². The van der Waals surface area contributed by atoms with Crippen LogP contribution in [-0.4, -0.2) is 26.5 Å². The SMILES string of the molecule is O=C1N(c2ccccc2)C(=S)NC1(Cc1ccncc1)Cc1ccncc1. The van der Waals surface area contributed by atoms with Gasteiger partial charge in [0, 0.05) is 37.6 Å². The molecule has 0 bridgehead atoms. The predicted octanol–water partition coefficient (Wildman–Crippen LogP) is 2.92. The monoisotopic (exact) mass is 374 g/mol. The summed E-state index contributed by atoms with van der Waals surface area (Å²) in [6, 6.07) is 17.2. The van der Waals surface area contributed by atoms with Gasteiger partial charge < -0.3 is 5.32 Å². The maximum absolute atomic E-state index is 13.6. The van der Waals surface area contributed by atoms with Gasteiger partial charge in [0.05, 0.1) is 5.69 Å². The second-order valence-electron chi connectivity index (χ2n) is 6.55. The van der Waals surface area contributed by atoms with Crippen LogP contribution in [0.4, 0.5) is 5.69 Å². The van der Waals surface area contributed by atoms with E-state index in [1.54, 1.807) is 29.7 Å². The average molecular weight is 374 g/mol. The van der Waals surface area contributed by atoms with Gasteiger partial charge in [-0.25, -0.2) is 0 Å². The first-order valence-corrected chi connectivity index (χ1v) is 9.08. The molecule has 3 aromatic rings. The highest BCUT2D eigenvalue weighted by atomic mass is 32.1. The van der Waals surface area contributed by atoms with Crippen LogP contribution in [0.3, 0.4) is 0 Å². The Bertz CT molecular complexity index is 906. The van der Waals surface area contributed by atoms with Gasteiger partial charge in [-0.2, -0.15) is 0 Å². The van der Waals surface area contributed by atoms with E-state index in [9.17, 15) is 4.79 Å². The van der Waals surface area contributed by atoms with Gasteiger partial charge in [0.1, 0.15) is 5.54 Å². The Morgan fingerprint density at radius 2 is 1.37 bits per heavy atom. The predicted molar refractivity (Wildman–Crippen MR) is 108 cm³/mol. The smallest absolute Gasteiger partial charge is 0.259 e. The number of carbonyl (C=O) groups excluding carboxylic acids is 1. The first kappa shape index (κ1) is 17.3. The quantitative estimate of drug-likeness (QED) is 0.696. The van der Waals surface area contributed by atoms with Crippen molar-refractivity contribution in [2.24, 2.45) is 0 Å². The number of carbonyl (C=O) groups is 1. The Kier molecular flexibility index (Phi) is 4.64. The number of pyridine rings is 2. The molecule has 3 heterocycles. The number of rotatable bonds is 5. The highest BCUT2D eigenvalue weighted by Gasteiger charge is 2.49. The third-order valence-corrected chi connectivity index (χ3v) is 4.97. The molecule has 1 amide bonds. The number of nitrogens with one attached hydrogen (secondary N) is 1. The van der Waals surface area contributed by atoms with Crippen molar-refractivity contribution in [1.29, 1.82) is 0 Å². The van der Waals surface area contributed by atoms with Crippen LogP contribution in [0.5, 0.6) is 0 Å². The molecule has 1 fully saturated rings. The Labute approximate surface area is 163 Å². The van der Waals surface area contributed by atoms with E-state index < -0.39 is 5.54 Å². The zero-order valence-corrected chi connectivity index (χ0v) is 15.4. The number of para-hydroxylation sites is 1. The van der Waals surface area contributed by atoms with Crippen molar-refractivity contribution in [2.45, 2.75) is 18.4 Å². The van der Waals surface area contributed by atoms with E-state index in [0.717, 1.165) is 16.8 Å². The summed E-state index contributed by atoms with van der Waals surface area (Å²) >= 11 is 5.55. The number of benzene rings is 1. The van der Waals surface area contributed by atoms with Gasteiger partial charge in [0.15, 0.2) is 5.11 Å². The van der Waals surface area contributed by atoms with E-state index in [1.807, 2.05) is 54.6 Å². The molecule has 0 radical (unpaired) electrons. The number of hydrogen-bond donors (Lipinski definition) is 1. The van der Waals surface area contributed by atoms with Crippen molar-refractivity contribution in [3.05, 3.63) is 90.5 Å². The minimum atomic E-state index is -0.852. The standard InChI is InChI=1S/C21H18N4OS/c26-19-21(14-16-6-10-22-11-7-16,15-17-8-12-23-13-9-17)24-20(27)25(19)18-4-2-1-3-5-18/h1-13H,14-15H2,(H,24,27). The molecule has 6 heteroatoms. The lowest BCUT2D eigenvalue weighted by molar-refractivity contribution is -0.122. The van der Waals surface area contributed by atoms with E-state index in [2.05, 4.69) is 15.3 Å². The lowest BCUT2D eigenvalue weighted by Crippen LogP contribution is -2.51. The van der Waals surface area contributed by atoms with Crippen molar-refractivity contribution >= 4 is 28.9 Å². The highest BCUT2D eigenvalue weighted by Crippen LogP contribution is 2.30. The van der Waals surface area contributed by atoms with Crippen LogP contribution in [0.2, 0.25) is 0 Å². The first-order valence-electron chi connectivity index (χ1n) is 8.67. The number of thiocarbonyl (C=S) groups is 1. The van der Waals surface area contributed by atoms with E-state index in [-0.39, 0.29) is 5.91 Å².